The number of fused-ring (bicyclic) bond motifs is 2. The summed E-state index contributed by atoms with van der Waals surface area (Å²) in [6, 6.07) is 11.1. The molecule has 3 aromatic rings. The number of benzene rings is 2. The number of imidazole rings is 1. The molecule has 2 aliphatic carbocycles. The van der Waals surface area contributed by atoms with E-state index in [0.717, 1.165) is 27.5 Å². The second-order valence-corrected chi connectivity index (χ2v) is 18.2. The molecule has 4 N–H and O–H groups in total. The van der Waals surface area contributed by atoms with Gasteiger partial charge in [-0.3, -0.25) is 14.6 Å². The lowest BCUT2D eigenvalue weighted by Gasteiger charge is -2.36. The number of aromatic nitrogens is 2. The lowest BCUT2D eigenvalue weighted by molar-refractivity contribution is -0.134. The van der Waals surface area contributed by atoms with Crippen molar-refractivity contribution in [2.24, 2.45) is 10.9 Å². The zero-order chi connectivity index (χ0) is 47.8. The lowest BCUT2D eigenvalue weighted by atomic mass is 9.68. The van der Waals surface area contributed by atoms with Crippen LogP contribution in [0.3, 0.4) is 0 Å². The smallest absolute Gasteiger partial charge is 0.407 e. The number of nitrogens with zero attached hydrogens (tertiary/aromatic N) is 4. The van der Waals surface area contributed by atoms with E-state index in [1.54, 1.807) is 20.2 Å². The summed E-state index contributed by atoms with van der Waals surface area (Å²) >= 11 is 0. The third-order valence-corrected chi connectivity index (χ3v) is 13.0. The third kappa shape index (κ3) is 11.5. The van der Waals surface area contributed by atoms with E-state index in [1.165, 1.54) is 87.0 Å². The van der Waals surface area contributed by atoms with E-state index in [4.69, 9.17) is 0 Å². The number of carbonyl (C=O) groups is 4. The van der Waals surface area contributed by atoms with Crippen molar-refractivity contribution in [1.82, 2.24) is 35.7 Å². The Kier molecular flexibility index (Phi) is 16.1. The first-order valence-electron chi connectivity index (χ1n) is 23.0. The van der Waals surface area contributed by atoms with Gasteiger partial charge in [-0.1, -0.05) is 89.8 Å². The first-order valence-corrected chi connectivity index (χ1v) is 23.0. The number of nitrogens with one attached hydrogen (secondary N) is 4. The average Bonchev–Trinajstić information content (AvgIpc) is 4.17. The molecule has 8 rings (SSSR count). The Morgan fingerprint density at radius 1 is 0.879 bits per heavy atom. The van der Waals surface area contributed by atoms with Gasteiger partial charge in [-0.05, 0) is 64.8 Å². The number of ether oxygens (including phenoxy) is 2. The molecule has 360 valence electrons. The minimum absolute atomic E-state index is 0.0118. The summed E-state index contributed by atoms with van der Waals surface area (Å²) in [5, 5.41) is 7.98. The topological polar surface area (TPSA) is 170 Å². The number of likely N-dealkylation sites (tertiary alicyclic amines) is 2. The van der Waals surface area contributed by atoms with E-state index in [0.29, 0.717) is 12.4 Å². The predicted molar refractivity (Wildman–Crippen MR) is 242 cm³/mol. The van der Waals surface area contributed by atoms with Crippen LogP contribution in [0, 0.1) is 5.92 Å². The SMILES string of the molecule is CCC.COC(=O)NC(C(=O)N1CCC(F)(F)C1)C(C)C.COC(=O)NCC(=O)N1CC(F)(F)CC1C1=NCC(c2ccc(-c3ccc(-c4cnc[nH]4)c4c3C3(CCCCC3)CC4)cc2)N1. The number of amides is 4. The van der Waals surface area contributed by atoms with Crippen LogP contribution in [0.5, 0.6) is 0 Å². The van der Waals surface area contributed by atoms with Crippen LogP contribution in [-0.2, 0) is 30.9 Å². The van der Waals surface area contributed by atoms with E-state index < -0.39 is 74.0 Å². The highest BCUT2D eigenvalue weighted by atomic mass is 19.3. The van der Waals surface area contributed by atoms with Crippen molar-refractivity contribution in [3.63, 3.8) is 0 Å². The molecule has 1 spiro atoms. The maximum atomic E-state index is 14.5. The van der Waals surface area contributed by atoms with Crippen molar-refractivity contribution in [3.05, 3.63) is 65.6 Å². The Morgan fingerprint density at radius 2 is 1.56 bits per heavy atom. The summed E-state index contributed by atoms with van der Waals surface area (Å²) in [5.74, 6) is -6.81. The number of carbonyl (C=O) groups excluding carboxylic acids is 4. The highest BCUT2D eigenvalue weighted by Gasteiger charge is 2.50. The van der Waals surface area contributed by atoms with Crippen LogP contribution in [0.25, 0.3) is 22.4 Å². The van der Waals surface area contributed by atoms with Gasteiger partial charge >= 0.3 is 12.2 Å². The van der Waals surface area contributed by atoms with E-state index >= 15 is 0 Å². The van der Waals surface area contributed by atoms with Crippen LogP contribution in [0.2, 0.25) is 0 Å². The number of alkyl carbamates (subject to hydrolysis) is 2. The van der Waals surface area contributed by atoms with Gasteiger partial charge in [0.1, 0.15) is 18.4 Å². The summed E-state index contributed by atoms with van der Waals surface area (Å²) in [6.07, 6.45) is 11.0. The van der Waals surface area contributed by atoms with Crippen molar-refractivity contribution in [2.45, 2.75) is 127 Å². The molecule has 3 fully saturated rings. The van der Waals surface area contributed by atoms with Gasteiger partial charge in [0, 0.05) is 24.9 Å². The second-order valence-electron chi connectivity index (χ2n) is 18.2. The molecule has 0 bridgehead atoms. The van der Waals surface area contributed by atoms with Gasteiger partial charge in [-0.15, -0.1) is 0 Å². The molecule has 14 nitrogen and oxygen atoms in total. The fourth-order valence-corrected chi connectivity index (χ4v) is 9.84. The molecule has 4 heterocycles. The number of hydrogen-bond donors (Lipinski definition) is 4. The molecule has 3 unspecified atom stereocenters. The van der Waals surface area contributed by atoms with Crippen molar-refractivity contribution in [2.75, 3.05) is 46.9 Å². The first-order chi connectivity index (χ1) is 31.4. The van der Waals surface area contributed by atoms with Gasteiger partial charge in [0.05, 0.1) is 64.2 Å². The number of methoxy groups -OCH3 is 2. The summed E-state index contributed by atoms with van der Waals surface area (Å²) < 4.78 is 64.0. The number of rotatable bonds is 9. The van der Waals surface area contributed by atoms with Gasteiger partial charge in [-0.2, -0.15) is 0 Å². The van der Waals surface area contributed by atoms with E-state index in [2.05, 4.69) is 90.6 Å². The molecule has 18 heteroatoms. The zero-order valence-corrected chi connectivity index (χ0v) is 38.8. The number of hydrogen-bond acceptors (Lipinski definition) is 9. The molecule has 2 saturated heterocycles. The van der Waals surface area contributed by atoms with Crippen LogP contribution in [0.1, 0.15) is 108 Å². The molecule has 2 aromatic carbocycles. The molecule has 4 amide bonds. The Morgan fingerprint density at radius 3 is 2.17 bits per heavy atom. The molecule has 3 atom stereocenters. The van der Waals surface area contributed by atoms with Crippen LogP contribution in [-0.4, -0.2) is 120 Å². The molecular weight excluding hydrogens is 861 g/mol. The van der Waals surface area contributed by atoms with E-state index in [-0.39, 0.29) is 30.3 Å². The summed E-state index contributed by atoms with van der Waals surface area (Å²) in [6.45, 7) is 6.38. The maximum absolute atomic E-state index is 14.5. The Bertz CT molecular complexity index is 2200. The van der Waals surface area contributed by atoms with Crippen molar-refractivity contribution >= 4 is 29.8 Å². The normalized spacial score (nSPS) is 21.3. The number of alkyl halides is 4. The molecule has 5 aliphatic rings. The number of halogens is 4. The highest BCUT2D eigenvalue weighted by molar-refractivity contribution is 5.94. The van der Waals surface area contributed by atoms with Crippen molar-refractivity contribution in [3.8, 4) is 22.4 Å². The fourth-order valence-electron chi connectivity index (χ4n) is 9.84. The standard InChI is InChI=1S/C34H38F2N6O3.C11H18F2N2O3.C3H8/c1-45-32(44)39-18-29(43)42-19-34(35,36)15-28(42)31-38-17-26(41-31)22-7-5-21(6-8-22)23-9-10-24(27-16-37-20-40-27)25-11-14-33(30(23)25)12-3-2-4-13-33;1-7(2)8(14-10(17)18-3)9(16)15-5-4-11(12,13)6-15;1-3-2/h5-10,16,20,26,28H,2-4,11-15,17-19H2,1H3,(H,37,40)(H,38,41)(H,39,44);7-8H,4-6H2,1-3H3,(H,14,17);3H2,1-2H3. The summed E-state index contributed by atoms with van der Waals surface area (Å²) in [4.78, 5) is 61.7. The second kappa shape index (κ2) is 21.3. The number of amidine groups is 1. The third-order valence-electron chi connectivity index (χ3n) is 13.0. The van der Waals surface area contributed by atoms with Crippen molar-refractivity contribution in [1.29, 1.82) is 0 Å². The minimum Gasteiger partial charge on any atom is -0.453 e. The lowest BCUT2D eigenvalue weighted by Crippen LogP contribution is -2.51. The van der Waals surface area contributed by atoms with Crippen LogP contribution < -0.4 is 16.0 Å². The van der Waals surface area contributed by atoms with Crippen LogP contribution >= 0.6 is 0 Å². The summed E-state index contributed by atoms with van der Waals surface area (Å²) in [7, 11) is 2.36. The Hall–Kier alpha value is -5.68. The van der Waals surface area contributed by atoms with Gasteiger partial charge in [-0.25, -0.2) is 32.1 Å². The number of aliphatic imine (C=N–C) groups is 1. The molecule has 1 saturated carbocycles. The van der Waals surface area contributed by atoms with Gasteiger partial charge < -0.3 is 40.2 Å². The molecule has 66 heavy (non-hydrogen) atoms. The van der Waals surface area contributed by atoms with E-state index in [9.17, 15) is 36.7 Å². The fraction of sp³-hybridized carbons (Fsp3) is 0.583. The minimum atomic E-state index is -3.04. The average molecular weight is 925 g/mol. The van der Waals surface area contributed by atoms with E-state index in [1.807, 2.05) is 6.20 Å². The number of aromatic amines is 1. The summed E-state index contributed by atoms with van der Waals surface area (Å²) in [5.41, 5.74) is 8.92. The molecule has 0 radical (unpaired) electrons. The van der Waals surface area contributed by atoms with Crippen molar-refractivity contribution < 1.29 is 46.2 Å². The van der Waals surface area contributed by atoms with Crippen LogP contribution in [0.15, 0.2) is 53.9 Å². The quantitative estimate of drug-likeness (QED) is 0.156. The Labute approximate surface area is 384 Å². The van der Waals surface area contributed by atoms with Gasteiger partial charge in [0.25, 0.3) is 11.8 Å². The molecule has 1 aromatic heterocycles. The largest absolute Gasteiger partial charge is 0.453 e. The predicted octanol–water partition coefficient (Wildman–Crippen LogP) is 8.18. The Balaban J connectivity index is 0.000000288. The highest BCUT2D eigenvalue weighted by Crippen LogP contribution is 2.54. The van der Waals surface area contributed by atoms with Crippen LogP contribution in [0.4, 0.5) is 27.2 Å². The van der Waals surface area contributed by atoms with Gasteiger partial charge in [0.15, 0.2) is 0 Å². The number of H-pyrrole nitrogens is 1. The molecular formula is C48H64F4N8O6. The van der Waals surface area contributed by atoms with Gasteiger partial charge in [0.2, 0.25) is 11.8 Å². The maximum Gasteiger partial charge on any atom is 0.407 e. The first kappa shape index (κ1) is 49.7. The molecule has 3 aliphatic heterocycles. The monoisotopic (exact) mass is 924 g/mol. The zero-order valence-electron chi connectivity index (χ0n) is 38.8.